The van der Waals surface area contributed by atoms with Crippen LogP contribution in [-0.2, 0) is 14.8 Å². The Bertz CT molecular complexity index is 1030. The van der Waals surface area contributed by atoms with Crippen LogP contribution in [0.4, 0.5) is 11.4 Å². The van der Waals surface area contributed by atoms with Crippen molar-refractivity contribution in [1.82, 2.24) is 5.32 Å². The SMILES string of the molecule is CC(=O)Nc1ccc(C)c(S(=O)(=O)Nc2ccccc2C(=O)NC2CCCC2)c1. The minimum absolute atomic E-state index is 0.0368. The molecule has 0 aliphatic heterocycles. The van der Waals surface area contributed by atoms with E-state index in [9.17, 15) is 18.0 Å². The van der Waals surface area contributed by atoms with Gasteiger partial charge in [0.05, 0.1) is 16.1 Å². The van der Waals surface area contributed by atoms with Crippen molar-refractivity contribution < 1.29 is 18.0 Å². The molecule has 0 aromatic heterocycles. The third-order valence-corrected chi connectivity index (χ3v) is 6.41. The van der Waals surface area contributed by atoms with E-state index in [-0.39, 0.29) is 34.0 Å². The molecule has 2 aromatic carbocycles. The molecule has 1 aliphatic rings. The summed E-state index contributed by atoms with van der Waals surface area (Å²) in [4.78, 5) is 24.0. The van der Waals surface area contributed by atoms with Crippen LogP contribution in [0.25, 0.3) is 0 Å². The van der Waals surface area contributed by atoms with Gasteiger partial charge in [0, 0.05) is 18.7 Å². The molecule has 1 aliphatic carbocycles. The lowest BCUT2D eigenvalue weighted by molar-refractivity contribution is -0.114. The largest absolute Gasteiger partial charge is 0.349 e. The van der Waals surface area contributed by atoms with Crippen LogP contribution in [0.5, 0.6) is 0 Å². The summed E-state index contributed by atoms with van der Waals surface area (Å²) in [5.74, 6) is -0.585. The summed E-state index contributed by atoms with van der Waals surface area (Å²) in [6.07, 6.45) is 4.05. The fraction of sp³-hybridized carbons (Fsp3) is 0.333. The number of hydrogen-bond acceptors (Lipinski definition) is 4. The molecule has 1 fully saturated rings. The fourth-order valence-corrected chi connectivity index (χ4v) is 4.83. The van der Waals surface area contributed by atoms with Crippen LogP contribution < -0.4 is 15.4 Å². The van der Waals surface area contributed by atoms with E-state index in [4.69, 9.17) is 0 Å². The topological polar surface area (TPSA) is 104 Å². The number of carbonyl (C=O) groups is 2. The van der Waals surface area contributed by atoms with E-state index in [0.717, 1.165) is 25.7 Å². The Morgan fingerprint density at radius 1 is 1.03 bits per heavy atom. The van der Waals surface area contributed by atoms with E-state index < -0.39 is 10.0 Å². The van der Waals surface area contributed by atoms with Gasteiger partial charge in [0.25, 0.3) is 15.9 Å². The molecule has 2 aromatic rings. The predicted molar refractivity (Wildman–Crippen MR) is 112 cm³/mol. The number of para-hydroxylation sites is 1. The molecular formula is C21H25N3O4S. The highest BCUT2D eigenvalue weighted by Crippen LogP contribution is 2.25. The first kappa shape index (κ1) is 20.9. The summed E-state index contributed by atoms with van der Waals surface area (Å²) in [5.41, 5.74) is 1.40. The van der Waals surface area contributed by atoms with Gasteiger partial charge in [0.1, 0.15) is 0 Å². The van der Waals surface area contributed by atoms with Gasteiger partial charge in [-0.1, -0.05) is 31.0 Å². The third-order valence-electron chi connectivity index (χ3n) is 4.90. The van der Waals surface area contributed by atoms with Crippen molar-refractivity contribution in [3.63, 3.8) is 0 Å². The van der Waals surface area contributed by atoms with E-state index in [1.165, 1.54) is 13.0 Å². The molecule has 7 nitrogen and oxygen atoms in total. The number of sulfonamides is 1. The van der Waals surface area contributed by atoms with Gasteiger partial charge in [-0.3, -0.25) is 14.3 Å². The van der Waals surface area contributed by atoms with Gasteiger partial charge < -0.3 is 10.6 Å². The predicted octanol–water partition coefficient (Wildman–Crippen LogP) is 3.43. The minimum Gasteiger partial charge on any atom is -0.349 e. The number of hydrogen-bond donors (Lipinski definition) is 3. The summed E-state index contributed by atoms with van der Waals surface area (Å²) in [6.45, 7) is 3.02. The van der Waals surface area contributed by atoms with Gasteiger partial charge in [0.15, 0.2) is 0 Å². The molecule has 3 rings (SSSR count). The highest BCUT2D eigenvalue weighted by Gasteiger charge is 2.23. The smallest absolute Gasteiger partial charge is 0.262 e. The number of carbonyl (C=O) groups excluding carboxylic acids is 2. The van der Waals surface area contributed by atoms with Gasteiger partial charge in [-0.25, -0.2) is 8.42 Å². The quantitative estimate of drug-likeness (QED) is 0.672. The van der Waals surface area contributed by atoms with E-state index in [1.54, 1.807) is 43.3 Å². The summed E-state index contributed by atoms with van der Waals surface area (Å²) in [6, 6.07) is 11.3. The van der Waals surface area contributed by atoms with Gasteiger partial charge in [-0.2, -0.15) is 0 Å². The fourth-order valence-electron chi connectivity index (χ4n) is 3.47. The van der Waals surface area contributed by atoms with Crippen molar-refractivity contribution in [3.8, 4) is 0 Å². The van der Waals surface area contributed by atoms with E-state index in [1.807, 2.05) is 0 Å². The van der Waals surface area contributed by atoms with Crippen LogP contribution in [0.2, 0.25) is 0 Å². The Labute approximate surface area is 171 Å². The molecule has 0 spiro atoms. The van der Waals surface area contributed by atoms with Crippen molar-refractivity contribution in [2.24, 2.45) is 0 Å². The maximum absolute atomic E-state index is 13.0. The average molecular weight is 416 g/mol. The number of nitrogens with one attached hydrogen (secondary N) is 3. The molecule has 0 atom stereocenters. The Morgan fingerprint density at radius 2 is 1.72 bits per heavy atom. The Kier molecular flexibility index (Phi) is 6.22. The zero-order valence-electron chi connectivity index (χ0n) is 16.5. The first-order chi connectivity index (χ1) is 13.8. The maximum Gasteiger partial charge on any atom is 0.262 e. The van der Waals surface area contributed by atoms with Gasteiger partial charge in [-0.05, 0) is 49.6 Å². The first-order valence-electron chi connectivity index (χ1n) is 9.57. The van der Waals surface area contributed by atoms with Crippen molar-refractivity contribution in [2.75, 3.05) is 10.0 Å². The maximum atomic E-state index is 13.0. The average Bonchev–Trinajstić information content (AvgIpc) is 3.16. The van der Waals surface area contributed by atoms with Crippen LogP contribution in [0.15, 0.2) is 47.4 Å². The lowest BCUT2D eigenvalue weighted by Gasteiger charge is -2.16. The number of amides is 2. The van der Waals surface area contributed by atoms with Gasteiger partial charge in [0.2, 0.25) is 5.91 Å². The van der Waals surface area contributed by atoms with Crippen molar-refractivity contribution in [2.45, 2.75) is 50.5 Å². The summed E-state index contributed by atoms with van der Waals surface area (Å²) in [5, 5.41) is 5.56. The van der Waals surface area contributed by atoms with Crippen molar-refractivity contribution in [1.29, 1.82) is 0 Å². The lowest BCUT2D eigenvalue weighted by atomic mass is 10.1. The Hall–Kier alpha value is -2.87. The van der Waals surface area contributed by atoms with Crippen LogP contribution in [0, 0.1) is 6.92 Å². The van der Waals surface area contributed by atoms with Crippen LogP contribution in [0.1, 0.15) is 48.5 Å². The van der Waals surface area contributed by atoms with E-state index >= 15 is 0 Å². The van der Waals surface area contributed by atoms with Crippen LogP contribution >= 0.6 is 0 Å². The third kappa shape index (κ3) is 5.14. The van der Waals surface area contributed by atoms with Gasteiger partial charge in [-0.15, -0.1) is 0 Å². The first-order valence-corrected chi connectivity index (χ1v) is 11.1. The summed E-state index contributed by atoms with van der Waals surface area (Å²) < 4.78 is 28.6. The molecule has 0 heterocycles. The number of rotatable bonds is 6. The van der Waals surface area contributed by atoms with Crippen molar-refractivity contribution >= 4 is 33.2 Å². The lowest BCUT2D eigenvalue weighted by Crippen LogP contribution is -2.33. The standard InChI is InChI=1S/C21H25N3O4S/c1-14-11-12-17(22-15(2)25)13-20(14)29(27,28)24-19-10-6-5-9-18(19)21(26)23-16-7-3-4-8-16/h5-6,9-13,16,24H,3-4,7-8H2,1-2H3,(H,22,25)(H,23,26). The van der Waals surface area contributed by atoms with Crippen LogP contribution in [0.3, 0.4) is 0 Å². The monoisotopic (exact) mass is 415 g/mol. The molecule has 154 valence electrons. The van der Waals surface area contributed by atoms with Crippen LogP contribution in [-0.4, -0.2) is 26.3 Å². The minimum atomic E-state index is -3.97. The molecule has 0 unspecified atom stereocenters. The van der Waals surface area contributed by atoms with E-state index in [0.29, 0.717) is 11.3 Å². The zero-order valence-corrected chi connectivity index (χ0v) is 17.3. The summed E-state index contributed by atoms with van der Waals surface area (Å²) in [7, 11) is -3.97. The number of benzene rings is 2. The molecule has 0 saturated heterocycles. The van der Waals surface area contributed by atoms with Gasteiger partial charge >= 0.3 is 0 Å². The van der Waals surface area contributed by atoms with E-state index in [2.05, 4.69) is 15.4 Å². The Balaban J connectivity index is 1.87. The highest BCUT2D eigenvalue weighted by molar-refractivity contribution is 7.92. The number of aryl methyl sites for hydroxylation is 1. The molecular weight excluding hydrogens is 390 g/mol. The molecule has 0 bridgehead atoms. The number of anilines is 2. The highest BCUT2D eigenvalue weighted by atomic mass is 32.2. The molecule has 8 heteroatoms. The second kappa shape index (κ2) is 8.65. The van der Waals surface area contributed by atoms with Crippen molar-refractivity contribution in [3.05, 3.63) is 53.6 Å². The molecule has 3 N–H and O–H groups in total. The Morgan fingerprint density at radius 3 is 2.41 bits per heavy atom. The second-order valence-electron chi connectivity index (χ2n) is 7.27. The zero-order chi connectivity index (χ0) is 21.0. The normalized spacial score (nSPS) is 14.4. The molecule has 0 radical (unpaired) electrons. The molecule has 2 amide bonds. The molecule has 29 heavy (non-hydrogen) atoms. The summed E-state index contributed by atoms with van der Waals surface area (Å²) >= 11 is 0. The molecule has 1 saturated carbocycles. The second-order valence-corrected chi connectivity index (χ2v) is 8.92.